The zero-order valence-electron chi connectivity index (χ0n) is 9.81. The number of nitrogens with one attached hydrogen (secondary N) is 1. The second kappa shape index (κ2) is 6.23. The largest absolute Gasteiger partial charge is 0.347 e. The average Bonchev–Trinajstić information content (AvgIpc) is 2.30. The average molecular weight is 221 g/mol. The Kier molecular flexibility index (Phi) is 4.92. The van der Waals surface area contributed by atoms with Crippen LogP contribution in [0.3, 0.4) is 0 Å². The number of amides is 1. The zero-order chi connectivity index (χ0) is 12.0. The predicted octanol–water partition coefficient (Wildman–Crippen LogP) is 1.39. The first-order valence-electron chi connectivity index (χ1n) is 5.62. The van der Waals surface area contributed by atoms with E-state index in [1.54, 1.807) is 6.20 Å². The van der Waals surface area contributed by atoms with Crippen LogP contribution in [0.15, 0.2) is 24.4 Å². The summed E-state index contributed by atoms with van der Waals surface area (Å²) in [6.45, 7) is 3.91. The lowest BCUT2D eigenvalue weighted by Gasteiger charge is -2.16. The van der Waals surface area contributed by atoms with Gasteiger partial charge in [-0.15, -0.1) is 0 Å². The number of carbonyl (C=O) groups is 1. The fraction of sp³-hybridized carbons (Fsp3) is 0.500. The van der Waals surface area contributed by atoms with Crippen LogP contribution >= 0.6 is 0 Å². The quantitative estimate of drug-likeness (QED) is 0.789. The van der Waals surface area contributed by atoms with Gasteiger partial charge in [0, 0.05) is 6.20 Å². The van der Waals surface area contributed by atoms with Crippen LogP contribution in [0.2, 0.25) is 0 Å². The first-order valence-corrected chi connectivity index (χ1v) is 5.62. The first-order chi connectivity index (χ1) is 7.65. The van der Waals surface area contributed by atoms with Gasteiger partial charge in [-0.2, -0.15) is 0 Å². The lowest BCUT2D eigenvalue weighted by Crippen LogP contribution is -2.41. The smallest absolute Gasteiger partial charge is 0.237 e. The summed E-state index contributed by atoms with van der Waals surface area (Å²) in [5, 5.41) is 2.85. The number of rotatable bonds is 5. The number of hydrogen-bond donors (Lipinski definition) is 2. The minimum Gasteiger partial charge on any atom is -0.347 e. The van der Waals surface area contributed by atoms with Crippen LogP contribution in [-0.2, 0) is 4.79 Å². The number of carbonyl (C=O) groups excluding carboxylic acids is 1. The van der Waals surface area contributed by atoms with E-state index < -0.39 is 6.04 Å². The van der Waals surface area contributed by atoms with Gasteiger partial charge in [0.25, 0.3) is 0 Å². The van der Waals surface area contributed by atoms with Gasteiger partial charge >= 0.3 is 0 Å². The third kappa shape index (κ3) is 3.62. The van der Waals surface area contributed by atoms with Crippen molar-refractivity contribution in [3.05, 3.63) is 30.1 Å². The van der Waals surface area contributed by atoms with E-state index >= 15 is 0 Å². The monoisotopic (exact) mass is 221 g/mol. The van der Waals surface area contributed by atoms with Gasteiger partial charge in [0.1, 0.15) is 0 Å². The van der Waals surface area contributed by atoms with Crippen molar-refractivity contribution in [2.75, 3.05) is 0 Å². The summed E-state index contributed by atoms with van der Waals surface area (Å²) in [5.41, 5.74) is 6.57. The van der Waals surface area contributed by atoms with Crippen LogP contribution in [0, 0.1) is 0 Å². The third-order valence-electron chi connectivity index (χ3n) is 2.43. The molecule has 2 atom stereocenters. The van der Waals surface area contributed by atoms with Crippen molar-refractivity contribution in [2.24, 2.45) is 5.73 Å². The molecule has 3 N–H and O–H groups in total. The van der Waals surface area contributed by atoms with E-state index in [9.17, 15) is 4.79 Å². The van der Waals surface area contributed by atoms with Gasteiger partial charge in [-0.3, -0.25) is 9.78 Å². The van der Waals surface area contributed by atoms with Gasteiger partial charge in [-0.05, 0) is 25.5 Å². The lowest BCUT2D eigenvalue weighted by atomic mass is 10.1. The van der Waals surface area contributed by atoms with Crippen LogP contribution in [0.5, 0.6) is 0 Å². The van der Waals surface area contributed by atoms with Crippen molar-refractivity contribution < 1.29 is 4.79 Å². The molecular formula is C12H19N3O. The van der Waals surface area contributed by atoms with E-state index in [0.29, 0.717) is 6.42 Å². The fourth-order valence-electron chi connectivity index (χ4n) is 1.47. The minimum absolute atomic E-state index is 0.100. The van der Waals surface area contributed by atoms with Crippen LogP contribution < -0.4 is 11.1 Å². The molecular weight excluding hydrogens is 202 g/mol. The fourth-order valence-corrected chi connectivity index (χ4v) is 1.47. The Bertz CT molecular complexity index is 326. The van der Waals surface area contributed by atoms with Gasteiger partial charge in [0.15, 0.2) is 0 Å². The normalized spacial score (nSPS) is 14.2. The van der Waals surface area contributed by atoms with E-state index in [-0.39, 0.29) is 11.9 Å². The Morgan fingerprint density at radius 1 is 1.56 bits per heavy atom. The molecule has 88 valence electrons. The molecule has 0 aliphatic rings. The molecule has 0 radical (unpaired) electrons. The standard InChI is InChI=1S/C12H19N3O/c1-3-6-10(13)12(16)15-9(2)11-7-4-5-8-14-11/h4-5,7-10H,3,6,13H2,1-2H3,(H,15,16)/t9?,10-/m1/s1. The van der Waals surface area contributed by atoms with Crippen LogP contribution in [0.1, 0.15) is 38.4 Å². The highest BCUT2D eigenvalue weighted by atomic mass is 16.2. The van der Waals surface area contributed by atoms with Crippen molar-refractivity contribution in [3.63, 3.8) is 0 Å². The molecule has 1 heterocycles. The summed E-state index contributed by atoms with van der Waals surface area (Å²) in [5.74, 6) is -0.111. The summed E-state index contributed by atoms with van der Waals surface area (Å²) in [6, 6.07) is 5.11. The molecule has 0 bridgehead atoms. The van der Waals surface area contributed by atoms with Crippen molar-refractivity contribution in [1.29, 1.82) is 0 Å². The molecule has 16 heavy (non-hydrogen) atoms. The van der Waals surface area contributed by atoms with Crippen LogP contribution in [-0.4, -0.2) is 16.9 Å². The highest BCUT2D eigenvalue weighted by Gasteiger charge is 2.15. The number of aromatic nitrogens is 1. The molecule has 0 saturated heterocycles. The van der Waals surface area contributed by atoms with E-state index in [1.165, 1.54) is 0 Å². The first kappa shape index (κ1) is 12.6. The zero-order valence-corrected chi connectivity index (χ0v) is 9.81. The maximum absolute atomic E-state index is 11.7. The summed E-state index contributed by atoms with van der Waals surface area (Å²) < 4.78 is 0. The number of nitrogens with zero attached hydrogens (tertiary/aromatic N) is 1. The van der Waals surface area contributed by atoms with Gasteiger partial charge < -0.3 is 11.1 Å². The van der Waals surface area contributed by atoms with E-state index in [4.69, 9.17) is 5.73 Å². The van der Waals surface area contributed by atoms with Crippen LogP contribution in [0.4, 0.5) is 0 Å². The van der Waals surface area contributed by atoms with E-state index in [0.717, 1.165) is 12.1 Å². The molecule has 0 fully saturated rings. The minimum atomic E-state index is -0.420. The van der Waals surface area contributed by atoms with Gasteiger partial charge in [-0.1, -0.05) is 19.4 Å². The Labute approximate surface area is 96.3 Å². The molecule has 0 aliphatic heterocycles. The molecule has 0 aromatic carbocycles. The van der Waals surface area contributed by atoms with E-state index in [2.05, 4.69) is 10.3 Å². The highest BCUT2D eigenvalue weighted by molar-refractivity contribution is 5.81. The van der Waals surface area contributed by atoms with Crippen molar-refractivity contribution in [3.8, 4) is 0 Å². The maximum Gasteiger partial charge on any atom is 0.237 e. The lowest BCUT2D eigenvalue weighted by molar-refractivity contribution is -0.123. The second-order valence-corrected chi connectivity index (χ2v) is 3.88. The van der Waals surface area contributed by atoms with Gasteiger partial charge in [0.2, 0.25) is 5.91 Å². The number of nitrogens with two attached hydrogens (primary N) is 1. The molecule has 1 aromatic rings. The predicted molar refractivity (Wildman–Crippen MR) is 63.7 cm³/mol. The van der Waals surface area contributed by atoms with Gasteiger partial charge in [0.05, 0.1) is 17.8 Å². The Hall–Kier alpha value is -1.42. The van der Waals surface area contributed by atoms with E-state index in [1.807, 2.05) is 32.0 Å². The molecule has 1 unspecified atom stereocenters. The SMILES string of the molecule is CCC[C@@H](N)C(=O)NC(C)c1ccccn1. The molecule has 4 nitrogen and oxygen atoms in total. The van der Waals surface area contributed by atoms with Crippen molar-refractivity contribution in [2.45, 2.75) is 38.8 Å². The molecule has 0 saturated carbocycles. The molecule has 0 aliphatic carbocycles. The molecule has 1 rings (SSSR count). The topological polar surface area (TPSA) is 68.0 Å². The Morgan fingerprint density at radius 2 is 2.31 bits per heavy atom. The Balaban J connectivity index is 2.51. The third-order valence-corrected chi connectivity index (χ3v) is 2.43. The number of hydrogen-bond acceptors (Lipinski definition) is 3. The van der Waals surface area contributed by atoms with Gasteiger partial charge in [-0.25, -0.2) is 0 Å². The molecule has 4 heteroatoms. The maximum atomic E-state index is 11.7. The van der Waals surface area contributed by atoms with Crippen LogP contribution in [0.25, 0.3) is 0 Å². The highest BCUT2D eigenvalue weighted by Crippen LogP contribution is 2.08. The summed E-state index contributed by atoms with van der Waals surface area (Å²) in [7, 11) is 0. The summed E-state index contributed by atoms with van der Waals surface area (Å²) >= 11 is 0. The molecule has 1 aromatic heterocycles. The van der Waals surface area contributed by atoms with Crippen molar-refractivity contribution >= 4 is 5.91 Å². The van der Waals surface area contributed by atoms with Crippen molar-refractivity contribution in [1.82, 2.24) is 10.3 Å². The summed E-state index contributed by atoms with van der Waals surface area (Å²) in [4.78, 5) is 15.8. The molecule has 1 amide bonds. The second-order valence-electron chi connectivity index (χ2n) is 3.88. The Morgan fingerprint density at radius 3 is 2.88 bits per heavy atom. The summed E-state index contributed by atoms with van der Waals surface area (Å²) in [6.07, 6.45) is 3.33. The number of pyridine rings is 1. The molecule has 0 spiro atoms.